The lowest BCUT2D eigenvalue weighted by atomic mass is 10.1. The number of hydrogen-bond donors (Lipinski definition) is 0. The fraction of sp³-hybridized carbons (Fsp3) is 0.133. The van der Waals surface area contributed by atoms with Gasteiger partial charge in [0.15, 0.2) is 6.10 Å². The predicted octanol–water partition coefficient (Wildman–Crippen LogP) is 4.75. The van der Waals surface area contributed by atoms with Crippen molar-refractivity contribution < 1.29 is 9.53 Å². The zero-order valence-electron chi connectivity index (χ0n) is 10.3. The average molecular weight is 340 g/mol. The van der Waals surface area contributed by atoms with Gasteiger partial charge in [0.1, 0.15) is 5.75 Å². The summed E-state index contributed by atoms with van der Waals surface area (Å²) in [4.78, 5) is 12.2. The first-order chi connectivity index (χ1) is 9.06. The molecule has 2 nitrogen and oxygen atoms in total. The average Bonchev–Trinajstić information content (AvgIpc) is 2.39. The number of hydrogen-bond acceptors (Lipinski definition) is 2. The van der Waals surface area contributed by atoms with Crippen molar-refractivity contribution in [2.45, 2.75) is 13.0 Å². The van der Waals surface area contributed by atoms with Crippen LogP contribution in [-0.4, -0.2) is 11.9 Å². The molecule has 2 aromatic carbocycles. The number of ether oxygens (including phenoxy) is 1. The van der Waals surface area contributed by atoms with Gasteiger partial charge < -0.3 is 4.74 Å². The molecule has 4 heteroatoms. The standard InChI is InChI=1S/C15H12BrClO2/c1-10(19-14-4-2-3-12(16)9-14)15(18)11-5-7-13(17)8-6-11/h2-10H,1H3. The van der Waals surface area contributed by atoms with Crippen LogP contribution in [0.3, 0.4) is 0 Å². The van der Waals surface area contributed by atoms with Crippen molar-refractivity contribution >= 4 is 33.3 Å². The molecule has 0 aliphatic carbocycles. The van der Waals surface area contributed by atoms with Gasteiger partial charge in [-0.2, -0.15) is 0 Å². The Morgan fingerprint density at radius 3 is 2.53 bits per heavy atom. The second kappa shape index (κ2) is 6.22. The van der Waals surface area contributed by atoms with E-state index >= 15 is 0 Å². The topological polar surface area (TPSA) is 26.3 Å². The molecule has 0 saturated carbocycles. The third-order valence-electron chi connectivity index (χ3n) is 2.61. The number of rotatable bonds is 4. The Bertz CT molecular complexity index is 581. The summed E-state index contributed by atoms with van der Waals surface area (Å²) in [7, 11) is 0. The minimum atomic E-state index is -0.546. The van der Waals surface area contributed by atoms with Crippen LogP contribution in [0.15, 0.2) is 53.0 Å². The van der Waals surface area contributed by atoms with Gasteiger partial charge in [0.25, 0.3) is 0 Å². The molecule has 1 unspecified atom stereocenters. The molecule has 0 heterocycles. The second-order valence-electron chi connectivity index (χ2n) is 4.09. The highest BCUT2D eigenvalue weighted by atomic mass is 79.9. The van der Waals surface area contributed by atoms with Crippen LogP contribution in [0.2, 0.25) is 5.02 Å². The van der Waals surface area contributed by atoms with E-state index in [0.29, 0.717) is 16.3 Å². The van der Waals surface area contributed by atoms with Crippen LogP contribution in [0.1, 0.15) is 17.3 Å². The Balaban J connectivity index is 2.09. The van der Waals surface area contributed by atoms with Crippen molar-refractivity contribution in [3.8, 4) is 5.75 Å². The van der Waals surface area contributed by atoms with Gasteiger partial charge in [-0.3, -0.25) is 4.79 Å². The first-order valence-corrected chi connectivity index (χ1v) is 6.95. The molecule has 2 rings (SSSR count). The fourth-order valence-corrected chi connectivity index (χ4v) is 2.15. The van der Waals surface area contributed by atoms with Crippen LogP contribution >= 0.6 is 27.5 Å². The molecule has 2 aromatic rings. The summed E-state index contributed by atoms with van der Waals surface area (Å²) in [5, 5.41) is 0.608. The van der Waals surface area contributed by atoms with Crippen LogP contribution in [-0.2, 0) is 0 Å². The Labute approximate surface area is 125 Å². The summed E-state index contributed by atoms with van der Waals surface area (Å²) in [6, 6.07) is 14.2. The highest BCUT2D eigenvalue weighted by Gasteiger charge is 2.16. The van der Waals surface area contributed by atoms with Gasteiger partial charge in [0, 0.05) is 15.1 Å². The van der Waals surface area contributed by atoms with E-state index in [-0.39, 0.29) is 5.78 Å². The van der Waals surface area contributed by atoms with Crippen molar-refractivity contribution in [1.29, 1.82) is 0 Å². The highest BCUT2D eigenvalue weighted by Crippen LogP contribution is 2.20. The molecule has 0 bridgehead atoms. The van der Waals surface area contributed by atoms with Crippen LogP contribution in [0.25, 0.3) is 0 Å². The number of ketones is 1. The maximum Gasteiger partial charge on any atom is 0.202 e. The van der Waals surface area contributed by atoms with Crippen LogP contribution in [0.5, 0.6) is 5.75 Å². The molecule has 0 fully saturated rings. The van der Waals surface area contributed by atoms with Crippen LogP contribution in [0, 0.1) is 0 Å². The van der Waals surface area contributed by atoms with Gasteiger partial charge in [-0.05, 0) is 49.4 Å². The Hall–Kier alpha value is -1.32. The van der Waals surface area contributed by atoms with Crippen molar-refractivity contribution in [3.05, 3.63) is 63.6 Å². The van der Waals surface area contributed by atoms with Gasteiger partial charge in [0.2, 0.25) is 5.78 Å². The quantitative estimate of drug-likeness (QED) is 0.751. The van der Waals surface area contributed by atoms with E-state index in [4.69, 9.17) is 16.3 Å². The molecule has 0 spiro atoms. The molecule has 1 atom stereocenters. The van der Waals surface area contributed by atoms with Gasteiger partial charge in [-0.1, -0.05) is 33.6 Å². The molecule has 0 saturated heterocycles. The second-order valence-corrected chi connectivity index (χ2v) is 5.44. The summed E-state index contributed by atoms with van der Waals surface area (Å²) < 4.78 is 6.54. The molecular formula is C15H12BrClO2. The molecule has 0 N–H and O–H groups in total. The van der Waals surface area contributed by atoms with Gasteiger partial charge in [-0.15, -0.1) is 0 Å². The molecule has 98 valence electrons. The van der Waals surface area contributed by atoms with Crippen LogP contribution < -0.4 is 4.74 Å². The van der Waals surface area contributed by atoms with E-state index in [9.17, 15) is 4.79 Å². The maximum atomic E-state index is 12.2. The molecular weight excluding hydrogens is 328 g/mol. The van der Waals surface area contributed by atoms with E-state index < -0.39 is 6.10 Å². The van der Waals surface area contributed by atoms with E-state index in [1.165, 1.54) is 0 Å². The molecule has 0 amide bonds. The largest absolute Gasteiger partial charge is 0.483 e. The maximum absolute atomic E-state index is 12.2. The summed E-state index contributed by atoms with van der Waals surface area (Å²) >= 11 is 9.16. The number of benzene rings is 2. The van der Waals surface area contributed by atoms with E-state index in [1.807, 2.05) is 24.3 Å². The Kier molecular flexibility index (Phi) is 4.61. The first kappa shape index (κ1) is 14.1. The Morgan fingerprint density at radius 1 is 1.21 bits per heavy atom. The third-order valence-corrected chi connectivity index (χ3v) is 3.35. The zero-order valence-corrected chi connectivity index (χ0v) is 12.6. The highest BCUT2D eigenvalue weighted by molar-refractivity contribution is 9.10. The summed E-state index contributed by atoms with van der Waals surface area (Å²) in [6.45, 7) is 1.73. The van der Waals surface area contributed by atoms with E-state index in [0.717, 1.165) is 4.47 Å². The monoisotopic (exact) mass is 338 g/mol. The number of Topliss-reactive ketones (excluding diaryl/α,β-unsaturated/α-hetero) is 1. The minimum absolute atomic E-state index is 0.0726. The van der Waals surface area contributed by atoms with Crippen molar-refractivity contribution in [1.82, 2.24) is 0 Å². The van der Waals surface area contributed by atoms with Crippen LogP contribution in [0.4, 0.5) is 0 Å². The third kappa shape index (κ3) is 3.82. The minimum Gasteiger partial charge on any atom is -0.483 e. The predicted molar refractivity (Wildman–Crippen MR) is 80.0 cm³/mol. The lowest BCUT2D eigenvalue weighted by Gasteiger charge is -2.14. The number of carbonyl (C=O) groups is 1. The van der Waals surface area contributed by atoms with Gasteiger partial charge >= 0.3 is 0 Å². The SMILES string of the molecule is CC(Oc1cccc(Br)c1)C(=O)c1ccc(Cl)cc1. The smallest absolute Gasteiger partial charge is 0.202 e. The Morgan fingerprint density at radius 2 is 1.89 bits per heavy atom. The summed E-state index contributed by atoms with van der Waals surface area (Å²) in [5.74, 6) is 0.584. The number of carbonyl (C=O) groups excluding carboxylic acids is 1. The van der Waals surface area contributed by atoms with Crippen molar-refractivity contribution in [2.24, 2.45) is 0 Å². The first-order valence-electron chi connectivity index (χ1n) is 5.78. The molecule has 0 aliphatic heterocycles. The fourth-order valence-electron chi connectivity index (χ4n) is 1.65. The van der Waals surface area contributed by atoms with E-state index in [1.54, 1.807) is 31.2 Å². The van der Waals surface area contributed by atoms with Gasteiger partial charge in [-0.25, -0.2) is 0 Å². The molecule has 19 heavy (non-hydrogen) atoms. The molecule has 0 radical (unpaired) electrons. The molecule has 0 aromatic heterocycles. The molecule has 0 aliphatic rings. The summed E-state index contributed by atoms with van der Waals surface area (Å²) in [5.41, 5.74) is 0.590. The van der Waals surface area contributed by atoms with Crippen molar-refractivity contribution in [3.63, 3.8) is 0 Å². The number of halogens is 2. The van der Waals surface area contributed by atoms with Gasteiger partial charge in [0.05, 0.1) is 0 Å². The zero-order chi connectivity index (χ0) is 13.8. The lowest BCUT2D eigenvalue weighted by Crippen LogP contribution is -2.23. The van der Waals surface area contributed by atoms with Crippen molar-refractivity contribution in [2.75, 3.05) is 0 Å². The normalized spacial score (nSPS) is 11.9. The lowest BCUT2D eigenvalue weighted by molar-refractivity contribution is 0.0818. The van der Waals surface area contributed by atoms with E-state index in [2.05, 4.69) is 15.9 Å². The summed E-state index contributed by atoms with van der Waals surface area (Å²) in [6.07, 6.45) is -0.546.